The number of pyridine rings is 1. The Morgan fingerprint density at radius 3 is 2.44 bits per heavy atom. The lowest BCUT2D eigenvalue weighted by Crippen LogP contribution is -2.07. The topological polar surface area (TPSA) is 33.1 Å². The second kappa shape index (κ2) is 4.78. The molecule has 18 heavy (non-hydrogen) atoms. The van der Waals surface area contributed by atoms with E-state index in [1.165, 1.54) is 6.07 Å². The summed E-state index contributed by atoms with van der Waals surface area (Å²) in [4.78, 5) is 3.30. The highest BCUT2D eigenvalue weighted by Crippen LogP contribution is 2.30. The molecule has 0 aliphatic rings. The fourth-order valence-corrected chi connectivity index (χ4v) is 1.61. The van der Waals surface area contributed by atoms with Crippen LogP contribution in [0.2, 0.25) is 0 Å². The van der Waals surface area contributed by atoms with E-state index < -0.39 is 11.9 Å². The molecule has 0 fully saturated rings. The number of aromatic nitrogens is 1. The van der Waals surface area contributed by atoms with Crippen molar-refractivity contribution < 1.29 is 18.3 Å². The molecule has 0 bridgehead atoms. The number of benzene rings is 1. The Morgan fingerprint density at radius 2 is 1.78 bits per heavy atom. The van der Waals surface area contributed by atoms with Crippen LogP contribution in [0.5, 0.6) is 0 Å². The standard InChI is InChI=1S/C13H10F3NO/c14-13(15,16)12-7-11(4-5-17-12)10-3-1-2-9(6-10)8-18/h1-7,18H,8H2. The van der Waals surface area contributed by atoms with Crippen LogP contribution < -0.4 is 0 Å². The molecule has 2 rings (SSSR count). The average Bonchev–Trinajstić information content (AvgIpc) is 2.38. The Morgan fingerprint density at radius 1 is 1.06 bits per heavy atom. The fraction of sp³-hybridized carbons (Fsp3) is 0.154. The maximum atomic E-state index is 12.5. The fourth-order valence-electron chi connectivity index (χ4n) is 1.61. The normalized spacial score (nSPS) is 11.6. The van der Waals surface area contributed by atoms with E-state index in [1.54, 1.807) is 24.3 Å². The van der Waals surface area contributed by atoms with Gasteiger partial charge in [-0.3, -0.25) is 4.98 Å². The number of halogens is 3. The molecule has 1 aromatic heterocycles. The Labute approximate surface area is 102 Å². The van der Waals surface area contributed by atoms with E-state index in [9.17, 15) is 13.2 Å². The number of hydrogen-bond donors (Lipinski definition) is 1. The van der Waals surface area contributed by atoms with Gasteiger partial charge < -0.3 is 5.11 Å². The average molecular weight is 253 g/mol. The second-order valence-corrected chi connectivity index (χ2v) is 3.79. The minimum Gasteiger partial charge on any atom is -0.392 e. The van der Waals surface area contributed by atoms with E-state index in [0.717, 1.165) is 12.3 Å². The summed E-state index contributed by atoms with van der Waals surface area (Å²) in [5, 5.41) is 9.00. The quantitative estimate of drug-likeness (QED) is 0.891. The first kappa shape index (κ1) is 12.6. The van der Waals surface area contributed by atoms with Crippen molar-refractivity contribution in [1.29, 1.82) is 0 Å². The molecular formula is C13H10F3NO. The highest BCUT2D eigenvalue weighted by Gasteiger charge is 2.32. The molecule has 0 amide bonds. The van der Waals surface area contributed by atoms with Crippen molar-refractivity contribution in [2.75, 3.05) is 0 Å². The molecule has 2 aromatic rings. The Bertz CT molecular complexity index is 552. The van der Waals surface area contributed by atoms with Crippen LogP contribution in [0.1, 0.15) is 11.3 Å². The van der Waals surface area contributed by atoms with Gasteiger partial charge in [-0.15, -0.1) is 0 Å². The third-order valence-electron chi connectivity index (χ3n) is 2.49. The predicted octanol–water partition coefficient (Wildman–Crippen LogP) is 3.26. The van der Waals surface area contributed by atoms with Gasteiger partial charge in [-0.2, -0.15) is 13.2 Å². The minimum absolute atomic E-state index is 0.148. The van der Waals surface area contributed by atoms with Gasteiger partial charge in [0.1, 0.15) is 5.69 Å². The summed E-state index contributed by atoms with van der Waals surface area (Å²) in [6.45, 7) is -0.148. The van der Waals surface area contributed by atoms with Gasteiger partial charge in [0, 0.05) is 6.20 Å². The van der Waals surface area contributed by atoms with Crippen molar-refractivity contribution >= 4 is 0 Å². The van der Waals surface area contributed by atoms with E-state index in [2.05, 4.69) is 4.98 Å². The van der Waals surface area contributed by atoms with E-state index in [0.29, 0.717) is 16.7 Å². The van der Waals surface area contributed by atoms with Crippen LogP contribution in [-0.2, 0) is 12.8 Å². The summed E-state index contributed by atoms with van der Waals surface area (Å²) in [5.41, 5.74) is 0.773. The van der Waals surface area contributed by atoms with Gasteiger partial charge in [0.25, 0.3) is 0 Å². The zero-order valence-electron chi connectivity index (χ0n) is 9.28. The molecule has 0 radical (unpaired) electrons. The molecule has 0 unspecified atom stereocenters. The van der Waals surface area contributed by atoms with E-state index in [-0.39, 0.29) is 6.61 Å². The Balaban J connectivity index is 2.44. The molecule has 2 nitrogen and oxygen atoms in total. The van der Waals surface area contributed by atoms with Gasteiger partial charge in [-0.25, -0.2) is 0 Å². The van der Waals surface area contributed by atoms with Crippen LogP contribution in [-0.4, -0.2) is 10.1 Å². The van der Waals surface area contributed by atoms with E-state index in [4.69, 9.17) is 5.11 Å². The molecule has 0 saturated heterocycles. The van der Waals surface area contributed by atoms with Crippen molar-refractivity contribution in [3.05, 3.63) is 53.9 Å². The SMILES string of the molecule is OCc1cccc(-c2ccnc(C(F)(F)F)c2)c1. The number of alkyl halides is 3. The number of rotatable bonds is 2. The van der Waals surface area contributed by atoms with Gasteiger partial charge in [-0.05, 0) is 34.9 Å². The first-order chi connectivity index (χ1) is 8.50. The molecule has 1 heterocycles. The summed E-state index contributed by atoms with van der Waals surface area (Å²) in [6.07, 6.45) is -3.33. The van der Waals surface area contributed by atoms with Gasteiger partial charge in [0.05, 0.1) is 6.61 Å². The zero-order valence-corrected chi connectivity index (χ0v) is 9.28. The van der Waals surface area contributed by atoms with Crippen LogP contribution in [0.4, 0.5) is 13.2 Å². The van der Waals surface area contributed by atoms with Crippen LogP contribution >= 0.6 is 0 Å². The summed E-state index contributed by atoms with van der Waals surface area (Å²) < 4.78 is 37.6. The van der Waals surface area contributed by atoms with Gasteiger partial charge in [0.15, 0.2) is 0 Å². The third kappa shape index (κ3) is 2.68. The van der Waals surface area contributed by atoms with Gasteiger partial charge in [0.2, 0.25) is 0 Å². The summed E-state index contributed by atoms with van der Waals surface area (Å²) in [6, 6.07) is 9.23. The molecule has 0 atom stereocenters. The van der Waals surface area contributed by atoms with Crippen molar-refractivity contribution in [3.63, 3.8) is 0 Å². The maximum Gasteiger partial charge on any atom is 0.433 e. The van der Waals surface area contributed by atoms with Crippen LogP contribution in [0.25, 0.3) is 11.1 Å². The highest BCUT2D eigenvalue weighted by molar-refractivity contribution is 5.64. The summed E-state index contributed by atoms with van der Waals surface area (Å²) >= 11 is 0. The van der Waals surface area contributed by atoms with Crippen LogP contribution in [0.15, 0.2) is 42.6 Å². The monoisotopic (exact) mass is 253 g/mol. The first-order valence-electron chi connectivity index (χ1n) is 5.24. The number of aliphatic hydroxyl groups excluding tert-OH is 1. The Hall–Kier alpha value is -1.88. The highest BCUT2D eigenvalue weighted by atomic mass is 19.4. The van der Waals surface area contributed by atoms with E-state index in [1.807, 2.05) is 0 Å². The minimum atomic E-state index is -4.45. The predicted molar refractivity (Wildman–Crippen MR) is 60.6 cm³/mol. The van der Waals surface area contributed by atoms with Crippen LogP contribution in [0, 0.1) is 0 Å². The van der Waals surface area contributed by atoms with Crippen molar-refractivity contribution in [3.8, 4) is 11.1 Å². The smallest absolute Gasteiger partial charge is 0.392 e. The second-order valence-electron chi connectivity index (χ2n) is 3.79. The van der Waals surface area contributed by atoms with Crippen molar-refractivity contribution in [1.82, 2.24) is 4.98 Å². The maximum absolute atomic E-state index is 12.5. The molecule has 0 aliphatic carbocycles. The molecule has 0 aliphatic heterocycles. The number of aliphatic hydroxyl groups is 1. The van der Waals surface area contributed by atoms with Crippen molar-refractivity contribution in [2.45, 2.75) is 12.8 Å². The molecule has 1 aromatic carbocycles. The molecule has 94 valence electrons. The lowest BCUT2D eigenvalue weighted by Gasteiger charge is -2.08. The molecule has 0 saturated carbocycles. The lowest BCUT2D eigenvalue weighted by molar-refractivity contribution is -0.141. The van der Waals surface area contributed by atoms with Crippen LogP contribution in [0.3, 0.4) is 0 Å². The molecule has 5 heteroatoms. The number of hydrogen-bond acceptors (Lipinski definition) is 2. The van der Waals surface area contributed by atoms with Gasteiger partial charge >= 0.3 is 6.18 Å². The summed E-state index contributed by atoms with van der Waals surface area (Å²) in [7, 11) is 0. The Kier molecular flexibility index (Phi) is 3.34. The molecule has 0 spiro atoms. The van der Waals surface area contributed by atoms with E-state index >= 15 is 0 Å². The molecule has 1 N–H and O–H groups in total. The number of nitrogens with zero attached hydrogens (tertiary/aromatic N) is 1. The van der Waals surface area contributed by atoms with Crippen molar-refractivity contribution in [2.24, 2.45) is 0 Å². The summed E-state index contributed by atoms with van der Waals surface area (Å²) in [5.74, 6) is 0. The van der Waals surface area contributed by atoms with Gasteiger partial charge in [-0.1, -0.05) is 18.2 Å². The third-order valence-corrected chi connectivity index (χ3v) is 2.49. The first-order valence-corrected chi connectivity index (χ1v) is 5.24. The zero-order chi connectivity index (χ0) is 13.2. The lowest BCUT2D eigenvalue weighted by atomic mass is 10.0. The largest absolute Gasteiger partial charge is 0.433 e. The molecular weight excluding hydrogens is 243 g/mol.